The normalized spacial score (nSPS) is 22.3. The maximum absolute atomic E-state index is 11.7. The Labute approximate surface area is 129 Å². The van der Waals surface area contributed by atoms with Gasteiger partial charge in [-0.05, 0) is 43.7 Å². The first-order valence-electron chi connectivity index (χ1n) is 7.17. The van der Waals surface area contributed by atoms with Gasteiger partial charge in [0.2, 0.25) is 0 Å². The van der Waals surface area contributed by atoms with Crippen LogP contribution in [0, 0.1) is 16.0 Å². The van der Waals surface area contributed by atoms with E-state index in [9.17, 15) is 18.5 Å². The summed E-state index contributed by atoms with van der Waals surface area (Å²) in [5, 5.41) is 23.5. The third kappa shape index (κ3) is 3.75. The van der Waals surface area contributed by atoms with Gasteiger partial charge in [-0.2, -0.15) is 0 Å². The van der Waals surface area contributed by atoms with E-state index < -0.39 is 20.4 Å². The van der Waals surface area contributed by atoms with Crippen molar-refractivity contribution in [1.82, 2.24) is 0 Å². The summed E-state index contributed by atoms with van der Waals surface area (Å²) in [6.45, 7) is 0.163. The molecule has 122 valence electrons. The first-order chi connectivity index (χ1) is 10.3. The summed E-state index contributed by atoms with van der Waals surface area (Å²) >= 11 is 0. The quantitative estimate of drug-likeness (QED) is 0.631. The molecule has 1 aromatic rings. The van der Waals surface area contributed by atoms with Gasteiger partial charge in [0.05, 0.1) is 4.92 Å². The molecule has 8 heteroatoms. The SMILES string of the molecule is CS(=O)(=O)c1cccc(NC2CCC(CO)CC2)c1[N+](=O)[O-]. The molecule has 0 saturated heterocycles. The predicted octanol–water partition coefficient (Wildman–Crippen LogP) is 1.96. The van der Waals surface area contributed by atoms with Crippen molar-refractivity contribution in [1.29, 1.82) is 0 Å². The summed E-state index contributed by atoms with van der Waals surface area (Å²) in [7, 11) is -3.67. The summed E-state index contributed by atoms with van der Waals surface area (Å²) in [5.74, 6) is 0.287. The molecule has 0 heterocycles. The minimum atomic E-state index is -3.67. The number of rotatable bonds is 5. The Morgan fingerprint density at radius 2 is 1.95 bits per heavy atom. The van der Waals surface area contributed by atoms with Crippen molar-refractivity contribution in [2.24, 2.45) is 5.92 Å². The van der Waals surface area contributed by atoms with Gasteiger partial charge in [-0.1, -0.05) is 6.07 Å². The van der Waals surface area contributed by atoms with Crippen LogP contribution in [0.5, 0.6) is 0 Å². The lowest BCUT2D eigenvalue weighted by Crippen LogP contribution is -2.27. The first kappa shape index (κ1) is 16.7. The lowest BCUT2D eigenvalue weighted by molar-refractivity contribution is -0.386. The largest absolute Gasteiger partial charge is 0.396 e. The summed E-state index contributed by atoms with van der Waals surface area (Å²) < 4.78 is 23.4. The molecule has 0 bridgehead atoms. The molecule has 1 aliphatic carbocycles. The van der Waals surface area contributed by atoms with E-state index in [1.807, 2.05) is 0 Å². The molecule has 0 aliphatic heterocycles. The predicted molar refractivity (Wildman–Crippen MR) is 82.7 cm³/mol. The minimum absolute atomic E-state index is 0.0521. The molecule has 1 saturated carbocycles. The van der Waals surface area contributed by atoms with Crippen LogP contribution in [0.2, 0.25) is 0 Å². The summed E-state index contributed by atoms with van der Waals surface area (Å²) in [4.78, 5) is 10.4. The molecule has 1 aliphatic rings. The fourth-order valence-corrected chi connectivity index (χ4v) is 3.70. The zero-order valence-corrected chi connectivity index (χ0v) is 13.2. The summed E-state index contributed by atoms with van der Waals surface area (Å²) in [6.07, 6.45) is 4.27. The molecular weight excluding hydrogens is 308 g/mol. The van der Waals surface area contributed by atoms with Crippen LogP contribution in [0.1, 0.15) is 25.7 Å². The van der Waals surface area contributed by atoms with Crippen LogP contribution in [-0.4, -0.2) is 37.4 Å². The van der Waals surface area contributed by atoms with Gasteiger partial charge in [0, 0.05) is 18.9 Å². The standard InChI is InChI=1S/C14H20N2O5S/c1-22(20,21)13-4-2-3-12(14(13)16(18)19)15-11-7-5-10(9-17)6-8-11/h2-4,10-11,15,17H,5-9H2,1H3. The van der Waals surface area contributed by atoms with Crippen molar-refractivity contribution in [2.75, 3.05) is 18.2 Å². The molecule has 0 radical (unpaired) electrons. The van der Waals surface area contributed by atoms with Gasteiger partial charge in [-0.15, -0.1) is 0 Å². The average molecular weight is 328 g/mol. The number of sulfone groups is 1. The number of nitrogens with one attached hydrogen (secondary N) is 1. The highest BCUT2D eigenvalue weighted by atomic mass is 32.2. The van der Waals surface area contributed by atoms with Gasteiger partial charge in [0.1, 0.15) is 10.6 Å². The third-order valence-corrected chi connectivity index (χ3v) is 5.17. The molecule has 22 heavy (non-hydrogen) atoms. The average Bonchev–Trinajstić information content (AvgIpc) is 2.46. The van der Waals surface area contributed by atoms with Crippen LogP contribution in [0.25, 0.3) is 0 Å². The second-order valence-electron chi connectivity index (χ2n) is 5.73. The Hall–Kier alpha value is -1.67. The lowest BCUT2D eigenvalue weighted by Gasteiger charge is -2.28. The number of nitro benzene ring substituents is 1. The van der Waals surface area contributed by atoms with E-state index in [1.165, 1.54) is 18.2 Å². The maximum atomic E-state index is 11.7. The zero-order valence-electron chi connectivity index (χ0n) is 12.4. The fourth-order valence-electron chi connectivity index (χ4n) is 2.84. The van der Waals surface area contributed by atoms with Crippen LogP contribution in [-0.2, 0) is 9.84 Å². The van der Waals surface area contributed by atoms with Crippen LogP contribution in [0.15, 0.2) is 23.1 Å². The van der Waals surface area contributed by atoms with E-state index >= 15 is 0 Å². The van der Waals surface area contributed by atoms with Crippen molar-refractivity contribution in [3.8, 4) is 0 Å². The van der Waals surface area contributed by atoms with Gasteiger partial charge in [-0.25, -0.2) is 8.42 Å². The zero-order chi connectivity index (χ0) is 16.3. The molecule has 0 unspecified atom stereocenters. The molecule has 2 rings (SSSR count). The van der Waals surface area contributed by atoms with Crippen LogP contribution >= 0.6 is 0 Å². The van der Waals surface area contributed by atoms with Gasteiger partial charge < -0.3 is 10.4 Å². The van der Waals surface area contributed by atoms with E-state index in [-0.39, 0.29) is 29.1 Å². The highest BCUT2D eigenvalue weighted by molar-refractivity contribution is 7.90. The van der Waals surface area contributed by atoms with Gasteiger partial charge in [0.25, 0.3) is 0 Å². The molecule has 0 atom stereocenters. The van der Waals surface area contributed by atoms with Crippen LogP contribution in [0.3, 0.4) is 0 Å². The van der Waals surface area contributed by atoms with Crippen molar-refractivity contribution in [3.63, 3.8) is 0 Å². The Morgan fingerprint density at radius 3 is 2.45 bits per heavy atom. The number of aliphatic hydroxyl groups excluding tert-OH is 1. The van der Waals surface area contributed by atoms with Crippen molar-refractivity contribution in [3.05, 3.63) is 28.3 Å². The highest BCUT2D eigenvalue weighted by Gasteiger charge is 2.28. The number of nitro groups is 1. The number of hydrogen-bond acceptors (Lipinski definition) is 6. The third-order valence-electron chi connectivity index (χ3n) is 4.05. The fraction of sp³-hybridized carbons (Fsp3) is 0.571. The Bertz CT molecular complexity index is 651. The Kier molecular flexibility index (Phi) is 5.02. The van der Waals surface area contributed by atoms with Crippen molar-refractivity contribution < 1.29 is 18.4 Å². The number of benzene rings is 1. The molecule has 1 fully saturated rings. The molecular formula is C14H20N2O5S. The molecule has 2 N–H and O–H groups in total. The molecule has 1 aromatic carbocycles. The van der Waals surface area contributed by atoms with Gasteiger partial charge in [0.15, 0.2) is 9.84 Å². The van der Waals surface area contributed by atoms with Crippen molar-refractivity contribution >= 4 is 21.2 Å². The monoisotopic (exact) mass is 328 g/mol. The number of aliphatic hydroxyl groups is 1. The van der Waals surface area contributed by atoms with E-state index in [2.05, 4.69) is 5.32 Å². The molecule has 0 aromatic heterocycles. The van der Waals surface area contributed by atoms with E-state index in [0.29, 0.717) is 0 Å². The number of para-hydroxylation sites is 1. The Morgan fingerprint density at radius 1 is 1.32 bits per heavy atom. The smallest absolute Gasteiger partial charge is 0.310 e. The summed E-state index contributed by atoms with van der Waals surface area (Å²) in [5.41, 5.74) is -0.158. The Balaban J connectivity index is 2.27. The molecule has 7 nitrogen and oxygen atoms in total. The number of anilines is 1. The first-order valence-corrected chi connectivity index (χ1v) is 9.07. The van der Waals surface area contributed by atoms with Gasteiger partial charge >= 0.3 is 5.69 Å². The highest BCUT2D eigenvalue weighted by Crippen LogP contribution is 2.34. The van der Waals surface area contributed by atoms with Gasteiger partial charge in [-0.3, -0.25) is 10.1 Å². The summed E-state index contributed by atoms with van der Waals surface area (Å²) in [6, 6.07) is 4.34. The van der Waals surface area contributed by atoms with Crippen molar-refractivity contribution in [2.45, 2.75) is 36.6 Å². The number of hydrogen-bond donors (Lipinski definition) is 2. The maximum Gasteiger partial charge on any atom is 0.310 e. The van der Waals surface area contributed by atoms with E-state index in [4.69, 9.17) is 5.11 Å². The molecule has 0 amide bonds. The molecule has 0 spiro atoms. The van der Waals surface area contributed by atoms with Crippen LogP contribution < -0.4 is 5.32 Å². The second-order valence-corrected chi connectivity index (χ2v) is 7.71. The topological polar surface area (TPSA) is 110 Å². The van der Waals surface area contributed by atoms with Crippen LogP contribution in [0.4, 0.5) is 11.4 Å². The second kappa shape index (κ2) is 6.62. The lowest BCUT2D eigenvalue weighted by atomic mass is 9.86. The number of nitrogens with zero attached hydrogens (tertiary/aromatic N) is 1. The van der Waals surface area contributed by atoms with E-state index in [0.717, 1.165) is 31.9 Å². The van der Waals surface area contributed by atoms with E-state index in [1.54, 1.807) is 0 Å². The minimum Gasteiger partial charge on any atom is -0.396 e.